The van der Waals surface area contributed by atoms with Gasteiger partial charge in [0.05, 0.1) is 29.6 Å². The Morgan fingerprint density at radius 1 is 1.12 bits per heavy atom. The Hall–Kier alpha value is -2.83. The van der Waals surface area contributed by atoms with Crippen molar-refractivity contribution >= 4 is 11.4 Å². The number of amides is 1. The monoisotopic (exact) mass is 336 g/mol. The van der Waals surface area contributed by atoms with Gasteiger partial charge in [0.15, 0.2) is 0 Å². The normalized spacial score (nSPS) is 17.8. The topological polar surface area (TPSA) is 76.3 Å². The molecule has 0 spiro atoms. The molecule has 25 heavy (non-hydrogen) atoms. The number of piperidine rings is 1. The minimum absolute atomic E-state index is 0.0825. The summed E-state index contributed by atoms with van der Waals surface area (Å²) < 4.78 is 1.98. The van der Waals surface area contributed by atoms with Gasteiger partial charge in [-0.3, -0.25) is 14.2 Å². The first-order valence-corrected chi connectivity index (χ1v) is 8.53. The Kier molecular flexibility index (Phi) is 3.91. The highest BCUT2D eigenvalue weighted by atomic mass is 16.2. The van der Waals surface area contributed by atoms with E-state index >= 15 is 0 Å². The number of rotatable bonds is 2. The molecule has 4 heterocycles. The molecule has 7 heteroatoms. The summed E-state index contributed by atoms with van der Waals surface area (Å²) in [4.78, 5) is 32.3. The molecule has 1 fully saturated rings. The third-order valence-electron chi connectivity index (χ3n) is 4.62. The van der Waals surface area contributed by atoms with Crippen molar-refractivity contribution in [3.8, 4) is 0 Å². The van der Waals surface area contributed by atoms with Crippen molar-refractivity contribution in [2.45, 2.75) is 39.2 Å². The van der Waals surface area contributed by atoms with Gasteiger partial charge in [-0.1, -0.05) is 0 Å². The number of likely N-dealkylation sites (tertiary alicyclic amines) is 1. The average Bonchev–Trinajstić information content (AvgIpc) is 3.09. The molecule has 4 rings (SSSR count). The van der Waals surface area contributed by atoms with Gasteiger partial charge in [-0.25, -0.2) is 15.0 Å². The van der Waals surface area contributed by atoms with Crippen LogP contribution in [0.5, 0.6) is 0 Å². The number of nitrogens with zero attached hydrogens (tertiary/aromatic N) is 6. The van der Waals surface area contributed by atoms with Crippen LogP contribution in [0.4, 0.5) is 0 Å². The molecule has 3 aromatic heterocycles. The van der Waals surface area contributed by atoms with Crippen molar-refractivity contribution in [2.75, 3.05) is 6.54 Å². The van der Waals surface area contributed by atoms with E-state index in [4.69, 9.17) is 4.98 Å². The van der Waals surface area contributed by atoms with Crippen LogP contribution in [0.25, 0.3) is 5.52 Å². The van der Waals surface area contributed by atoms with E-state index in [1.807, 2.05) is 35.4 Å². The molecule has 1 atom stereocenters. The van der Waals surface area contributed by atoms with Gasteiger partial charge in [0.25, 0.3) is 5.91 Å². The predicted molar refractivity (Wildman–Crippen MR) is 92.1 cm³/mol. The number of carbonyl (C=O) groups is 1. The number of hydrogen-bond donors (Lipinski definition) is 0. The number of fused-ring (bicyclic) bond motifs is 1. The van der Waals surface area contributed by atoms with E-state index in [1.165, 1.54) is 0 Å². The lowest BCUT2D eigenvalue weighted by Crippen LogP contribution is -2.40. The van der Waals surface area contributed by atoms with Crippen LogP contribution in [0.2, 0.25) is 0 Å². The van der Waals surface area contributed by atoms with Gasteiger partial charge in [-0.15, -0.1) is 0 Å². The van der Waals surface area contributed by atoms with E-state index in [-0.39, 0.29) is 11.9 Å². The van der Waals surface area contributed by atoms with Crippen molar-refractivity contribution in [1.82, 2.24) is 29.2 Å². The maximum Gasteiger partial charge on any atom is 0.274 e. The third kappa shape index (κ3) is 2.86. The lowest BCUT2D eigenvalue weighted by Gasteiger charge is -2.35. The second kappa shape index (κ2) is 6.23. The van der Waals surface area contributed by atoms with Crippen LogP contribution in [0, 0.1) is 13.8 Å². The molecule has 1 aliphatic rings. The summed E-state index contributed by atoms with van der Waals surface area (Å²) in [6.45, 7) is 4.53. The molecule has 0 aromatic carbocycles. The molecule has 0 radical (unpaired) electrons. The Balaban J connectivity index is 1.75. The maximum atomic E-state index is 13.0. The molecular weight excluding hydrogens is 316 g/mol. The highest BCUT2D eigenvalue weighted by Crippen LogP contribution is 2.31. The summed E-state index contributed by atoms with van der Waals surface area (Å²) in [6.07, 6.45) is 9.71. The predicted octanol–water partition coefficient (Wildman–Crippen LogP) is 2.50. The van der Waals surface area contributed by atoms with E-state index in [2.05, 4.69) is 15.0 Å². The van der Waals surface area contributed by atoms with Crippen molar-refractivity contribution in [1.29, 1.82) is 0 Å². The molecule has 1 aliphatic heterocycles. The quantitative estimate of drug-likeness (QED) is 0.719. The van der Waals surface area contributed by atoms with Crippen molar-refractivity contribution in [3.05, 3.63) is 53.9 Å². The van der Waals surface area contributed by atoms with Crippen molar-refractivity contribution in [2.24, 2.45) is 0 Å². The number of aryl methyl sites for hydroxylation is 2. The fourth-order valence-corrected chi connectivity index (χ4v) is 3.41. The number of carbonyl (C=O) groups excluding carboxylic acids is 1. The zero-order valence-electron chi connectivity index (χ0n) is 14.4. The molecule has 0 aliphatic carbocycles. The first kappa shape index (κ1) is 15.7. The van der Waals surface area contributed by atoms with E-state index in [1.54, 1.807) is 18.7 Å². The number of hydrogen-bond acceptors (Lipinski definition) is 5. The Morgan fingerprint density at radius 3 is 2.80 bits per heavy atom. The Morgan fingerprint density at radius 2 is 2.00 bits per heavy atom. The average molecular weight is 336 g/mol. The molecule has 128 valence electrons. The van der Waals surface area contributed by atoms with Crippen molar-refractivity contribution in [3.63, 3.8) is 0 Å². The van der Waals surface area contributed by atoms with Crippen LogP contribution < -0.4 is 0 Å². The second-order valence-electron chi connectivity index (χ2n) is 6.50. The number of aromatic nitrogens is 5. The van der Waals surface area contributed by atoms with E-state index < -0.39 is 0 Å². The second-order valence-corrected chi connectivity index (χ2v) is 6.50. The molecule has 7 nitrogen and oxygen atoms in total. The minimum Gasteiger partial charge on any atom is -0.327 e. The van der Waals surface area contributed by atoms with Crippen molar-refractivity contribution < 1.29 is 4.79 Å². The first-order valence-electron chi connectivity index (χ1n) is 8.53. The third-order valence-corrected chi connectivity index (χ3v) is 4.62. The highest BCUT2D eigenvalue weighted by molar-refractivity contribution is 5.92. The summed E-state index contributed by atoms with van der Waals surface area (Å²) in [7, 11) is 0. The standard InChI is InChI=1S/C18H20N6O/c1-12-7-14-9-19-11-24(14)17(22-12)16-5-3-4-6-23(16)18(25)15-10-20-13(2)8-21-15/h7-11,16H,3-6H2,1-2H3. The maximum absolute atomic E-state index is 13.0. The van der Waals surface area contributed by atoms with Gasteiger partial charge in [0.2, 0.25) is 0 Å². The molecule has 0 bridgehead atoms. The summed E-state index contributed by atoms with van der Waals surface area (Å²) in [5.41, 5.74) is 3.10. The fraction of sp³-hybridized carbons (Fsp3) is 0.389. The smallest absolute Gasteiger partial charge is 0.274 e. The van der Waals surface area contributed by atoms with Gasteiger partial charge >= 0.3 is 0 Å². The highest BCUT2D eigenvalue weighted by Gasteiger charge is 2.32. The lowest BCUT2D eigenvalue weighted by molar-refractivity contribution is 0.0591. The molecule has 0 saturated carbocycles. The largest absolute Gasteiger partial charge is 0.327 e. The Labute approximate surface area is 145 Å². The van der Waals surface area contributed by atoms with Gasteiger partial charge in [0.1, 0.15) is 17.8 Å². The fourth-order valence-electron chi connectivity index (χ4n) is 3.41. The van der Waals surface area contributed by atoms with Crippen LogP contribution >= 0.6 is 0 Å². The minimum atomic E-state index is -0.0891. The summed E-state index contributed by atoms with van der Waals surface area (Å²) in [5.74, 6) is 0.773. The molecule has 3 aromatic rings. The summed E-state index contributed by atoms with van der Waals surface area (Å²) in [6, 6.07) is 1.91. The van der Waals surface area contributed by atoms with E-state index in [0.29, 0.717) is 12.2 Å². The van der Waals surface area contributed by atoms with Crippen LogP contribution in [0.15, 0.2) is 31.0 Å². The Bertz CT molecular complexity index is 917. The molecule has 1 saturated heterocycles. The van der Waals surface area contributed by atoms with Gasteiger partial charge < -0.3 is 4.90 Å². The zero-order chi connectivity index (χ0) is 17.4. The molecule has 1 unspecified atom stereocenters. The van der Waals surface area contributed by atoms with Crippen LogP contribution in [-0.4, -0.2) is 41.7 Å². The van der Waals surface area contributed by atoms with Gasteiger partial charge in [-0.2, -0.15) is 0 Å². The van der Waals surface area contributed by atoms with Crippen LogP contribution in [-0.2, 0) is 0 Å². The van der Waals surface area contributed by atoms with Gasteiger partial charge in [0, 0.05) is 18.4 Å². The molecule has 1 amide bonds. The first-order chi connectivity index (χ1) is 12.1. The van der Waals surface area contributed by atoms with E-state index in [0.717, 1.165) is 42.0 Å². The van der Waals surface area contributed by atoms with Gasteiger partial charge in [-0.05, 0) is 39.2 Å². The summed E-state index contributed by atoms with van der Waals surface area (Å²) >= 11 is 0. The lowest BCUT2D eigenvalue weighted by atomic mass is 10.0. The van der Waals surface area contributed by atoms with E-state index in [9.17, 15) is 4.79 Å². The number of imidazole rings is 1. The molecular formula is C18H20N6O. The molecule has 0 N–H and O–H groups in total. The zero-order valence-corrected chi connectivity index (χ0v) is 14.4. The summed E-state index contributed by atoms with van der Waals surface area (Å²) in [5, 5.41) is 0. The van der Waals surface area contributed by atoms with Crippen LogP contribution in [0.1, 0.15) is 53.0 Å². The SMILES string of the molecule is Cc1cnc(C(=O)N2CCCCC2c2nc(C)cc3cncn23)cn1. The van der Waals surface area contributed by atoms with Crippen LogP contribution in [0.3, 0.4) is 0 Å².